The number of hydrogen-bond acceptors (Lipinski definition) is 5. The minimum absolute atomic E-state index is 0. The minimum atomic E-state index is 0. The van der Waals surface area contributed by atoms with Crippen LogP contribution in [0.1, 0.15) is 12.5 Å². The first kappa shape index (κ1) is 15.2. The molecule has 112 valence electrons. The van der Waals surface area contributed by atoms with Gasteiger partial charge in [-0.1, -0.05) is 6.92 Å². The Morgan fingerprint density at radius 2 is 2.00 bits per heavy atom. The third-order valence-electron chi connectivity index (χ3n) is 3.92. The number of ether oxygens (including phenoxy) is 3. The highest BCUT2D eigenvalue weighted by Gasteiger charge is 2.27. The summed E-state index contributed by atoms with van der Waals surface area (Å²) in [6.45, 7) is 5.27. The van der Waals surface area contributed by atoms with Crippen LogP contribution in [0.4, 0.5) is 0 Å². The maximum absolute atomic E-state index is 6.07. The summed E-state index contributed by atoms with van der Waals surface area (Å²) < 4.78 is 16.2. The van der Waals surface area contributed by atoms with E-state index in [4.69, 9.17) is 19.9 Å². The highest BCUT2D eigenvalue weighted by atomic mass is 35.5. The number of methoxy groups -OCH3 is 1. The van der Waals surface area contributed by atoms with Crippen LogP contribution in [0.2, 0.25) is 0 Å². The number of fused-ring (bicyclic) bond motifs is 1. The van der Waals surface area contributed by atoms with Crippen LogP contribution in [0.5, 0.6) is 17.2 Å². The van der Waals surface area contributed by atoms with Gasteiger partial charge in [-0.3, -0.25) is 4.90 Å². The third-order valence-corrected chi connectivity index (χ3v) is 3.92. The van der Waals surface area contributed by atoms with Gasteiger partial charge in [-0.15, -0.1) is 12.4 Å². The Bertz CT molecular complexity index is 474. The number of halogens is 1. The number of hydrogen-bond donors (Lipinski definition) is 1. The van der Waals surface area contributed by atoms with Crippen molar-refractivity contribution in [2.75, 3.05) is 27.0 Å². The topological polar surface area (TPSA) is 57.0 Å². The standard InChI is InChI=1S/C14H20N2O3.ClH/c1-9-5-16(7-11(9)15)6-10-3-13-14(19-8-18-13)4-12(10)17-2;/h3-4,9,11H,5-8,15H2,1-2H3;1H. The predicted octanol–water partition coefficient (Wildman–Crippen LogP) is 1.62. The van der Waals surface area contributed by atoms with Gasteiger partial charge >= 0.3 is 0 Å². The number of likely N-dealkylation sites (tertiary alicyclic amines) is 1. The van der Waals surface area contributed by atoms with Gasteiger partial charge < -0.3 is 19.9 Å². The van der Waals surface area contributed by atoms with E-state index in [-0.39, 0.29) is 25.2 Å². The zero-order valence-corrected chi connectivity index (χ0v) is 12.6. The highest BCUT2D eigenvalue weighted by Crippen LogP contribution is 2.38. The molecule has 0 aromatic heterocycles. The molecule has 0 saturated carbocycles. The summed E-state index contributed by atoms with van der Waals surface area (Å²) in [5.74, 6) is 2.94. The largest absolute Gasteiger partial charge is 0.496 e. The minimum Gasteiger partial charge on any atom is -0.496 e. The molecule has 1 aromatic carbocycles. The number of nitrogens with zero attached hydrogens (tertiary/aromatic N) is 1. The van der Waals surface area contributed by atoms with Gasteiger partial charge in [0.1, 0.15) is 5.75 Å². The molecule has 0 spiro atoms. The van der Waals surface area contributed by atoms with Gasteiger partial charge in [0.2, 0.25) is 6.79 Å². The molecule has 0 radical (unpaired) electrons. The van der Waals surface area contributed by atoms with Crippen LogP contribution >= 0.6 is 12.4 Å². The van der Waals surface area contributed by atoms with E-state index in [0.29, 0.717) is 5.92 Å². The lowest BCUT2D eigenvalue weighted by atomic mass is 10.1. The van der Waals surface area contributed by atoms with Gasteiger partial charge in [0.05, 0.1) is 7.11 Å². The van der Waals surface area contributed by atoms with Crippen molar-refractivity contribution >= 4 is 12.4 Å². The number of benzene rings is 1. The smallest absolute Gasteiger partial charge is 0.231 e. The van der Waals surface area contributed by atoms with E-state index in [1.54, 1.807) is 7.11 Å². The van der Waals surface area contributed by atoms with Gasteiger partial charge in [-0.25, -0.2) is 0 Å². The Morgan fingerprint density at radius 1 is 1.30 bits per heavy atom. The SMILES string of the molecule is COc1cc2c(cc1CN1CC(C)C(N)C1)OCO2.Cl. The molecule has 5 nitrogen and oxygen atoms in total. The molecule has 1 aromatic rings. The Labute approximate surface area is 125 Å². The molecule has 0 amide bonds. The molecule has 3 rings (SSSR count). The molecule has 2 aliphatic heterocycles. The maximum Gasteiger partial charge on any atom is 0.231 e. The average molecular weight is 301 g/mol. The third kappa shape index (κ3) is 2.80. The first-order chi connectivity index (χ1) is 9.17. The van der Waals surface area contributed by atoms with Gasteiger partial charge in [-0.05, 0) is 12.0 Å². The molecule has 20 heavy (non-hydrogen) atoms. The molecule has 2 atom stereocenters. The van der Waals surface area contributed by atoms with E-state index in [1.807, 2.05) is 12.1 Å². The van der Waals surface area contributed by atoms with Crippen LogP contribution in [0.15, 0.2) is 12.1 Å². The van der Waals surface area contributed by atoms with Gasteiger partial charge in [0, 0.05) is 37.3 Å². The van der Waals surface area contributed by atoms with Gasteiger partial charge in [0.25, 0.3) is 0 Å². The summed E-state index contributed by atoms with van der Waals surface area (Å²) in [4.78, 5) is 2.36. The summed E-state index contributed by atoms with van der Waals surface area (Å²) in [7, 11) is 1.68. The maximum atomic E-state index is 6.07. The first-order valence-electron chi connectivity index (χ1n) is 6.62. The molecule has 0 aliphatic carbocycles. The molecule has 1 saturated heterocycles. The summed E-state index contributed by atoms with van der Waals surface area (Å²) in [6, 6.07) is 4.17. The molecule has 1 fully saturated rings. The summed E-state index contributed by atoms with van der Waals surface area (Å²) in [5.41, 5.74) is 7.18. The van der Waals surface area contributed by atoms with Crippen molar-refractivity contribution in [1.29, 1.82) is 0 Å². The van der Waals surface area contributed by atoms with Crippen LogP contribution in [0, 0.1) is 5.92 Å². The van der Waals surface area contributed by atoms with E-state index in [2.05, 4.69) is 11.8 Å². The van der Waals surface area contributed by atoms with Gasteiger partial charge in [-0.2, -0.15) is 0 Å². The molecular formula is C14H21ClN2O3. The van der Waals surface area contributed by atoms with Crippen LogP contribution in [-0.4, -0.2) is 37.9 Å². The fourth-order valence-corrected chi connectivity index (χ4v) is 2.74. The second-order valence-corrected chi connectivity index (χ2v) is 5.35. The molecule has 0 bridgehead atoms. The Balaban J connectivity index is 0.00000147. The van der Waals surface area contributed by atoms with E-state index in [0.717, 1.165) is 42.4 Å². The summed E-state index contributed by atoms with van der Waals surface area (Å²) >= 11 is 0. The van der Waals surface area contributed by atoms with Crippen LogP contribution in [-0.2, 0) is 6.54 Å². The molecular weight excluding hydrogens is 280 g/mol. The van der Waals surface area contributed by atoms with Crippen molar-refractivity contribution in [2.24, 2.45) is 11.7 Å². The van der Waals surface area contributed by atoms with E-state index >= 15 is 0 Å². The van der Waals surface area contributed by atoms with E-state index in [9.17, 15) is 0 Å². The zero-order valence-electron chi connectivity index (χ0n) is 11.8. The van der Waals surface area contributed by atoms with Crippen molar-refractivity contribution in [1.82, 2.24) is 4.90 Å². The first-order valence-corrected chi connectivity index (χ1v) is 6.62. The molecule has 6 heteroatoms. The van der Waals surface area contributed by atoms with E-state index in [1.165, 1.54) is 0 Å². The normalized spacial score (nSPS) is 24.6. The van der Waals surface area contributed by atoms with Crippen molar-refractivity contribution in [2.45, 2.75) is 19.5 Å². The highest BCUT2D eigenvalue weighted by molar-refractivity contribution is 5.85. The van der Waals surface area contributed by atoms with E-state index < -0.39 is 0 Å². The fourth-order valence-electron chi connectivity index (χ4n) is 2.74. The van der Waals surface area contributed by atoms with Crippen LogP contribution in [0.3, 0.4) is 0 Å². The average Bonchev–Trinajstić information content (AvgIpc) is 2.95. The van der Waals surface area contributed by atoms with Crippen molar-refractivity contribution in [3.63, 3.8) is 0 Å². The van der Waals surface area contributed by atoms with Crippen molar-refractivity contribution in [3.05, 3.63) is 17.7 Å². The predicted molar refractivity (Wildman–Crippen MR) is 78.8 cm³/mol. The number of nitrogens with two attached hydrogens (primary N) is 1. The molecule has 2 unspecified atom stereocenters. The lowest BCUT2D eigenvalue weighted by Gasteiger charge is -2.17. The Morgan fingerprint density at radius 3 is 2.60 bits per heavy atom. The lowest BCUT2D eigenvalue weighted by molar-refractivity contribution is 0.174. The quantitative estimate of drug-likeness (QED) is 0.919. The second-order valence-electron chi connectivity index (χ2n) is 5.35. The lowest BCUT2D eigenvalue weighted by Crippen LogP contribution is -2.28. The van der Waals surface area contributed by atoms with Crippen LogP contribution in [0.25, 0.3) is 0 Å². The summed E-state index contributed by atoms with van der Waals surface area (Å²) in [6.07, 6.45) is 0. The monoisotopic (exact) mass is 300 g/mol. The van der Waals surface area contributed by atoms with Crippen LogP contribution < -0.4 is 19.9 Å². The van der Waals surface area contributed by atoms with Gasteiger partial charge in [0.15, 0.2) is 11.5 Å². The molecule has 2 aliphatic rings. The summed E-state index contributed by atoms with van der Waals surface area (Å²) in [5, 5.41) is 0. The number of rotatable bonds is 3. The van der Waals surface area contributed by atoms with Crippen molar-refractivity contribution in [3.8, 4) is 17.2 Å². The Hall–Kier alpha value is -1.17. The fraction of sp³-hybridized carbons (Fsp3) is 0.571. The molecule has 2 N–H and O–H groups in total. The Kier molecular flexibility index (Phi) is 4.62. The molecule has 2 heterocycles. The zero-order chi connectivity index (χ0) is 13.4. The second kappa shape index (κ2) is 6.08. The van der Waals surface area contributed by atoms with Crippen molar-refractivity contribution < 1.29 is 14.2 Å².